The first kappa shape index (κ1) is 14.6. The van der Waals surface area contributed by atoms with Crippen molar-refractivity contribution >= 4 is 5.91 Å². The van der Waals surface area contributed by atoms with Gasteiger partial charge >= 0.3 is 0 Å². The van der Waals surface area contributed by atoms with E-state index in [1.807, 2.05) is 34.9 Å². The van der Waals surface area contributed by atoms with Crippen LogP contribution >= 0.6 is 0 Å². The number of hydrogen-bond donors (Lipinski definition) is 0. The molecule has 1 aliphatic heterocycles. The van der Waals surface area contributed by atoms with Crippen LogP contribution < -0.4 is 0 Å². The van der Waals surface area contributed by atoms with Crippen LogP contribution in [0.25, 0.3) is 11.4 Å². The van der Waals surface area contributed by atoms with Crippen LogP contribution in [0.1, 0.15) is 16.2 Å². The molecule has 1 aliphatic rings. The average Bonchev–Trinajstić information content (AvgIpc) is 3.05. The molecular formula is C18H15FN4O. The van der Waals surface area contributed by atoms with Gasteiger partial charge in [-0.25, -0.2) is 4.39 Å². The summed E-state index contributed by atoms with van der Waals surface area (Å²) >= 11 is 0. The zero-order valence-corrected chi connectivity index (χ0v) is 12.9. The first-order chi connectivity index (χ1) is 11.7. The summed E-state index contributed by atoms with van der Waals surface area (Å²) in [7, 11) is 0. The molecule has 4 rings (SSSR count). The number of rotatable bonds is 2. The molecule has 1 amide bonds. The van der Waals surface area contributed by atoms with E-state index in [9.17, 15) is 9.18 Å². The van der Waals surface area contributed by atoms with Gasteiger partial charge in [0.05, 0.1) is 6.54 Å². The number of fused-ring (bicyclic) bond motifs is 1. The molecule has 5 nitrogen and oxygen atoms in total. The van der Waals surface area contributed by atoms with Crippen LogP contribution in [0.5, 0.6) is 0 Å². The van der Waals surface area contributed by atoms with E-state index in [0.717, 1.165) is 17.2 Å². The number of carbonyl (C=O) groups is 1. The molecule has 0 bridgehead atoms. The Morgan fingerprint density at radius 3 is 2.46 bits per heavy atom. The maximum atomic E-state index is 13.0. The number of amides is 1. The zero-order chi connectivity index (χ0) is 16.5. The van der Waals surface area contributed by atoms with Crippen LogP contribution in [0.15, 0.2) is 54.6 Å². The lowest BCUT2D eigenvalue weighted by Crippen LogP contribution is -2.38. The molecule has 120 valence electrons. The van der Waals surface area contributed by atoms with E-state index in [2.05, 4.69) is 10.2 Å². The summed E-state index contributed by atoms with van der Waals surface area (Å²) in [5.74, 6) is 1.11. The van der Waals surface area contributed by atoms with E-state index in [1.54, 1.807) is 4.90 Å². The Kier molecular flexibility index (Phi) is 3.57. The van der Waals surface area contributed by atoms with Gasteiger partial charge in [0, 0.05) is 24.2 Å². The first-order valence-corrected chi connectivity index (χ1v) is 7.75. The largest absolute Gasteiger partial charge is 0.329 e. The minimum absolute atomic E-state index is 0.120. The van der Waals surface area contributed by atoms with Crippen LogP contribution in [0.3, 0.4) is 0 Å². The molecule has 1 aromatic heterocycles. The van der Waals surface area contributed by atoms with Crippen molar-refractivity contribution in [3.63, 3.8) is 0 Å². The van der Waals surface area contributed by atoms with E-state index < -0.39 is 0 Å². The minimum atomic E-state index is -0.350. The summed E-state index contributed by atoms with van der Waals surface area (Å²) in [4.78, 5) is 14.3. The predicted octanol–water partition coefficient (Wildman–Crippen LogP) is 2.74. The van der Waals surface area contributed by atoms with Crippen molar-refractivity contribution in [2.75, 3.05) is 6.54 Å². The second-order valence-electron chi connectivity index (χ2n) is 5.69. The van der Waals surface area contributed by atoms with Crippen molar-refractivity contribution in [1.29, 1.82) is 0 Å². The Morgan fingerprint density at radius 1 is 0.958 bits per heavy atom. The molecule has 2 aromatic carbocycles. The number of carbonyl (C=O) groups excluding carboxylic acids is 1. The highest BCUT2D eigenvalue weighted by molar-refractivity contribution is 5.94. The third-order valence-electron chi connectivity index (χ3n) is 4.16. The lowest BCUT2D eigenvalue weighted by Gasteiger charge is -2.28. The summed E-state index contributed by atoms with van der Waals surface area (Å²) in [6, 6.07) is 15.5. The van der Waals surface area contributed by atoms with Gasteiger partial charge in [0.15, 0.2) is 11.6 Å². The molecule has 0 saturated heterocycles. The maximum Gasteiger partial charge on any atom is 0.254 e. The zero-order valence-electron chi connectivity index (χ0n) is 12.9. The number of aromatic nitrogens is 3. The highest BCUT2D eigenvalue weighted by atomic mass is 19.1. The van der Waals surface area contributed by atoms with Gasteiger partial charge in [-0.2, -0.15) is 0 Å². The van der Waals surface area contributed by atoms with Gasteiger partial charge in [-0.15, -0.1) is 10.2 Å². The Labute approximate surface area is 138 Å². The van der Waals surface area contributed by atoms with Crippen molar-refractivity contribution in [2.45, 2.75) is 13.1 Å². The van der Waals surface area contributed by atoms with Crippen LogP contribution in [-0.4, -0.2) is 32.1 Å². The fraction of sp³-hybridized carbons (Fsp3) is 0.167. The van der Waals surface area contributed by atoms with Crippen LogP contribution in [0.4, 0.5) is 4.39 Å². The first-order valence-electron chi connectivity index (χ1n) is 7.75. The van der Waals surface area contributed by atoms with Crippen molar-refractivity contribution < 1.29 is 9.18 Å². The normalized spacial score (nSPS) is 13.6. The maximum absolute atomic E-state index is 13.0. The van der Waals surface area contributed by atoms with Gasteiger partial charge in [-0.3, -0.25) is 4.79 Å². The Hall–Kier alpha value is -3.02. The summed E-state index contributed by atoms with van der Waals surface area (Å²) in [5.41, 5.74) is 1.49. The molecule has 2 heterocycles. The second kappa shape index (κ2) is 5.88. The van der Waals surface area contributed by atoms with E-state index >= 15 is 0 Å². The molecule has 0 radical (unpaired) electrons. The summed E-state index contributed by atoms with van der Waals surface area (Å²) in [5, 5.41) is 8.50. The fourth-order valence-electron chi connectivity index (χ4n) is 2.91. The molecule has 0 atom stereocenters. The van der Waals surface area contributed by atoms with Gasteiger partial charge in [0.25, 0.3) is 5.91 Å². The molecule has 0 N–H and O–H groups in total. The lowest BCUT2D eigenvalue weighted by atomic mass is 10.1. The number of benzene rings is 2. The molecule has 0 saturated carbocycles. The Balaban J connectivity index is 1.58. The average molecular weight is 322 g/mol. The molecule has 3 aromatic rings. The van der Waals surface area contributed by atoms with Gasteiger partial charge < -0.3 is 9.47 Å². The molecule has 0 fully saturated rings. The SMILES string of the molecule is O=C(c1ccc(F)cc1)N1CCn2c(nnc2-c2ccccc2)C1. The van der Waals surface area contributed by atoms with Crippen molar-refractivity contribution in [2.24, 2.45) is 0 Å². The minimum Gasteiger partial charge on any atom is -0.329 e. The fourth-order valence-corrected chi connectivity index (χ4v) is 2.91. The van der Waals surface area contributed by atoms with E-state index in [1.165, 1.54) is 24.3 Å². The molecular weight excluding hydrogens is 307 g/mol. The highest BCUT2D eigenvalue weighted by Crippen LogP contribution is 2.22. The van der Waals surface area contributed by atoms with Crippen molar-refractivity contribution in [3.8, 4) is 11.4 Å². The third kappa shape index (κ3) is 2.56. The molecule has 0 unspecified atom stereocenters. The van der Waals surface area contributed by atoms with Crippen molar-refractivity contribution in [1.82, 2.24) is 19.7 Å². The third-order valence-corrected chi connectivity index (χ3v) is 4.16. The van der Waals surface area contributed by atoms with Crippen LogP contribution in [-0.2, 0) is 13.1 Å². The molecule has 0 spiro atoms. The van der Waals surface area contributed by atoms with Crippen molar-refractivity contribution in [3.05, 3.63) is 71.8 Å². The van der Waals surface area contributed by atoms with Gasteiger partial charge in [0.2, 0.25) is 0 Å². The summed E-state index contributed by atoms with van der Waals surface area (Å²) < 4.78 is 15.1. The number of hydrogen-bond acceptors (Lipinski definition) is 3. The van der Waals surface area contributed by atoms with Gasteiger partial charge in [-0.1, -0.05) is 30.3 Å². The number of halogens is 1. The summed E-state index contributed by atoms with van der Waals surface area (Å²) in [6.07, 6.45) is 0. The Morgan fingerprint density at radius 2 is 1.71 bits per heavy atom. The second-order valence-corrected chi connectivity index (χ2v) is 5.69. The van der Waals surface area contributed by atoms with Crippen LogP contribution in [0.2, 0.25) is 0 Å². The molecule has 24 heavy (non-hydrogen) atoms. The van der Waals surface area contributed by atoms with Gasteiger partial charge in [0.1, 0.15) is 5.82 Å². The van der Waals surface area contributed by atoms with E-state index in [0.29, 0.717) is 25.2 Å². The molecule has 0 aliphatic carbocycles. The standard InChI is InChI=1S/C18H15FN4O/c19-15-8-6-14(7-9-15)18(24)22-10-11-23-16(12-22)20-21-17(23)13-4-2-1-3-5-13/h1-9H,10-12H2. The van der Waals surface area contributed by atoms with E-state index in [-0.39, 0.29) is 11.7 Å². The quantitative estimate of drug-likeness (QED) is 0.729. The van der Waals surface area contributed by atoms with E-state index in [4.69, 9.17) is 0 Å². The summed E-state index contributed by atoms with van der Waals surface area (Å²) in [6.45, 7) is 1.61. The monoisotopic (exact) mass is 322 g/mol. The Bertz CT molecular complexity index is 874. The topological polar surface area (TPSA) is 51.0 Å². The smallest absolute Gasteiger partial charge is 0.254 e. The predicted molar refractivity (Wildman–Crippen MR) is 86.6 cm³/mol. The number of nitrogens with zero attached hydrogens (tertiary/aromatic N) is 4. The lowest BCUT2D eigenvalue weighted by molar-refractivity contribution is 0.0708. The molecule has 6 heteroatoms. The van der Waals surface area contributed by atoms with Crippen LogP contribution in [0, 0.1) is 5.82 Å². The highest BCUT2D eigenvalue weighted by Gasteiger charge is 2.25. The van der Waals surface area contributed by atoms with Gasteiger partial charge in [-0.05, 0) is 24.3 Å².